The first-order chi connectivity index (χ1) is 9.54. The number of anilines is 1. The molecular weight excluding hydrogens is 326 g/mol. The van der Waals surface area contributed by atoms with E-state index >= 15 is 0 Å². The zero-order chi connectivity index (χ0) is 14.3. The van der Waals surface area contributed by atoms with E-state index < -0.39 is 5.97 Å². The molecule has 6 heteroatoms. The summed E-state index contributed by atoms with van der Waals surface area (Å²) in [6, 6.07) is 8.26. The number of carbonyl (C=O) groups excluding carboxylic acids is 1. The maximum absolute atomic E-state index is 12.0. The first-order valence-electron chi connectivity index (χ1n) is 5.95. The number of benzene rings is 1. The molecule has 2 aromatic rings. The maximum Gasteiger partial charge on any atom is 0.335 e. The van der Waals surface area contributed by atoms with Gasteiger partial charge < -0.3 is 14.4 Å². The van der Waals surface area contributed by atoms with Crippen LogP contribution in [0.5, 0.6) is 0 Å². The van der Waals surface area contributed by atoms with E-state index in [1.807, 2.05) is 0 Å². The Kier molecular flexibility index (Phi) is 3.10. The summed E-state index contributed by atoms with van der Waals surface area (Å²) in [6.45, 7) is 0.292. The highest BCUT2D eigenvalue weighted by Crippen LogP contribution is 2.31. The number of amides is 1. The van der Waals surface area contributed by atoms with Gasteiger partial charge in [0.25, 0.3) is 0 Å². The number of hydrogen-bond acceptors (Lipinski definition) is 3. The number of fused-ring (bicyclic) bond motifs is 1. The Bertz CT molecular complexity index is 707. The van der Waals surface area contributed by atoms with Crippen LogP contribution >= 0.6 is 15.9 Å². The summed E-state index contributed by atoms with van der Waals surface area (Å²) in [7, 11) is 0. The van der Waals surface area contributed by atoms with Gasteiger partial charge in [0, 0.05) is 5.69 Å². The number of carboxylic acids is 1. The van der Waals surface area contributed by atoms with Gasteiger partial charge in [-0.25, -0.2) is 4.79 Å². The lowest BCUT2D eigenvalue weighted by atomic mass is 10.1. The van der Waals surface area contributed by atoms with E-state index in [4.69, 9.17) is 9.52 Å². The number of carboxylic acid groups (broad SMARTS) is 1. The first-order valence-corrected chi connectivity index (χ1v) is 6.74. The van der Waals surface area contributed by atoms with Crippen LogP contribution < -0.4 is 4.90 Å². The second kappa shape index (κ2) is 4.79. The van der Waals surface area contributed by atoms with Crippen LogP contribution in [-0.4, -0.2) is 17.0 Å². The zero-order valence-corrected chi connectivity index (χ0v) is 11.9. The van der Waals surface area contributed by atoms with E-state index in [2.05, 4.69) is 15.9 Å². The second-order valence-corrected chi connectivity index (χ2v) is 5.29. The first kappa shape index (κ1) is 12.9. The predicted molar refractivity (Wildman–Crippen MR) is 74.7 cm³/mol. The van der Waals surface area contributed by atoms with Crippen LogP contribution in [0.4, 0.5) is 5.69 Å². The van der Waals surface area contributed by atoms with Crippen LogP contribution in [-0.2, 0) is 17.8 Å². The Morgan fingerprint density at radius 3 is 2.80 bits per heavy atom. The molecular formula is C14H10BrNO4. The Balaban J connectivity index is 1.95. The molecule has 1 N–H and O–H groups in total. The summed E-state index contributed by atoms with van der Waals surface area (Å²) in [4.78, 5) is 24.6. The normalized spacial score (nSPS) is 13.7. The fourth-order valence-corrected chi connectivity index (χ4v) is 2.60. The molecule has 5 nitrogen and oxygen atoms in total. The van der Waals surface area contributed by atoms with Crippen molar-refractivity contribution < 1.29 is 19.1 Å². The molecule has 3 rings (SSSR count). The van der Waals surface area contributed by atoms with Crippen molar-refractivity contribution in [1.82, 2.24) is 0 Å². The summed E-state index contributed by atoms with van der Waals surface area (Å²) in [5.41, 5.74) is 1.65. The van der Waals surface area contributed by atoms with Crippen LogP contribution in [0.15, 0.2) is 39.4 Å². The van der Waals surface area contributed by atoms with Crippen LogP contribution in [0.2, 0.25) is 0 Å². The minimum absolute atomic E-state index is 0.0601. The SMILES string of the molecule is O=C(O)c1ccc2c(c1)N(Cc1ccc(Br)o1)C(=O)C2. The monoisotopic (exact) mass is 335 g/mol. The average Bonchev–Trinajstić information content (AvgIpc) is 2.94. The third-order valence-electron chi connectivity index (χ3n) is 3.21. The number of aromatic carboxylic acids is 1. The molecule has 0 unspecified atom stereocenters. The number of carbonyl (C=O) groups is 2. The molecule has 0 bridgehead atoms. The molecule has 2 heterocycles. The molecule has 1 aliphatic heterocycles. The Morgan fingerprint density at radius 2 is 2.15 bits per heavy atom. The van der Waals surface area contributed by atoms with Gasteiger partial charge in [-0.15, -0.1) is 0 Å². The topological polar surface area (TPSA) is 70.8 Å². The predicted octanol–water partition coefficient (Wildman–Crippen LogP) is 2.83. The molecule has 20 heavy (non-hydrogen) atoms. The van der Waals surface area contributed by atoms with Crippen LogP contribution in [0.1, 0.15) is 21.7 Å². The van der Waals surface area contributed by atoms with Crippen molar-refractivity contribution in [3.05, 3.63) is 51.9 Å². The molecule has 0 radical (unpaired) electrons. The molecule has 0 atom stereocenters. The zero-order valence-electron chi connectivity index (χ0n) is 10.3. The van der Waals surface area contributed by atoms with Crippen LogP contribution in [0.3, 0.4) is 0 Å². The van der Waals surface area contributed by atoms with E-state index in [-0.39, 0.29) is 17.9 Å². The van der Waals surface area contributed by atoms with Crippen molar-refractivity contribution in [2.24, 2.45) is 0 Å². The number of nitrogens with zero attached hydrogens (tertiary/aromatic N) is 1. The average molecular weight is 336 g/mol. The fourth-order valence-electron chi connectivity index (χ4n) is 2.26. The summed E-state index contributed by atoms with van der Waals surface area (Å²) >= 11 is 3.21. The van der Waals surface area contributed by atoms with Crippen molar-refractivity contribution in [3.63, 3.8) is 0 Å². The molecule has 102 valence electrons. The molecule has 0 saturated heterocycles. The highest BCUT2D eigenvalue weighted by molar-refractivity contribution is 9.10. The lowest BCUT2D eigenvalue weighted by Gasteiger charge is -2.16. The van der Waals surface area contributed by atoms with Crippen molar-refractivity contribution >= 4 is 33.5 Å². The minimum Gasteiger partial charge on any atom is -0.478 e. The number of halogens is 1. The Morgan fingerprint density at radius 1 is 1.35 bits per heavy atom. The second-order valence-electron chi connectivity index (χ2n) is 4.51. The summed E-state index contributed by atoms with van der Waals surface area (Å²) in [6.07, 6.45) is 0.289. The summed E-state index contributed by atoms with van der Waals surface area (Å²) < 4.78 is 5.99. The Labute approximate surface area is 122 Å². The quantitative estimate of drug-likeness (QED) is 0.936. The van der Waals surface area contributed by atoms with Gasteiger partial charge in [-0.2, -0.15) is 0 Å². The highest BCUT2D eigenvalue weighted by Gasteiger charge is 2.28. The molecule has 1 aromatic heterocycles. The molecule has 0 spiro atoms. The van der Waals surface area contributed by atoms with Crippen molar-refractivity contribution in [2.45, 2.75) is 13.0 Å². The molecule has 1 aromatic carbocycles. The molecule has 0 fully saturated rings. The lowest BCUT2D eigenvalue weighted by molar-refractivity contribution is -0.117. The molecule has 1 aliphatic rings. The van der Waals surface area contributed by atoms with Gasteiger partial charge in [0.1, 0.15) is 5.76 Å². The lowest BCUT2D eigenvalue weighted by Crippen LogP contribution is -2.25. The highest BCUT2D eigenvalue weighted by atomic mass is 79.9. The van der Waals surface area contributed by atoms with E-state index in [9.17, 15) is 9.59 Å². The molecule has 1 amide bonds. The van der Waals surface area contributed by atoms with Gasteiger partial charge in [-0.05, 0) is 45.8 Å². The van der Waals surface area contributed by atoms with Gasteiger partial charge in [0.05, 0.1) is 18.5 Å². The third kappa shape index (κ3) is 2.22. The Hall–Kier alpha value is -2.08. The van der Waals surface area contributed by atoms with Crippen molar-refractivity contribution in [3.8, 4) is 0 Å². The number of rotatable bonds is 3. The van der Waals surface area contributed by atoms with Gasteiger partial charge in [0.15, 0.2) is 4.67 Å². The number of furan rings is 1. The maximum atomic E-state index is 12.0. The van der Waals surface area contributed by atoms with Gasteiger partial charge >= 0.3 is 5.97 Å². The fraction of sp³-hybridized carbons (Fsp3) is 0.143. The van der Waals surface area contributed by atoms with Crippen LogP contribution in [0, 0.1) is 0 Å². The minimum atomic E-state index is -1.01. The van der Waals surface area contributed by atoms with Gasteiger partial charge in [0.2, 0.25) is 5.91 Å². The summed E-state index contributed by atoms with van der Waals surface area (Å²) in [5.74, 6) is -0.429. The molecule has 0 aliphatic carbocycles. The number of hydrogen-bond donors (Lipinski definition) is 1. The summed E-state index contributed by atoms with van der Waals surface area (Å²) in [5, 5.41) is 9.03. The molecule has 0 saturated carbocycles. The van der Waals surface area contributed by atoms with Gasteiger partial charge in [-0.1, -0.05) is 6.07 Å². The van der Waals surface area contributed by atoms with Crippen molar-refractivity contribution in [1.29, 1.82) is 0 Å². The van der Waals surface area contributed by atoms with Crippen LogP contribution in [0.25, 0.3) is 0 Å². The van der Waals surface area contributed by atoms with Gasteiger partial charge in [-0.3, -0.25) is 4.79 Å². The third-order valence-corrected chi connectivity index (χ3v) is 3.63. The largest absolute Gasteiger partial charge is 0.478 e. The van der Waals surface area contributed by atoms with E-state index in [0.29, 0.717) is 22.7 Å². The van der Waals surface area contributed by atoms with E-state index in [1.165, 1.54) is 12.1 Å². The van der Waals surface area contributed by atoms with E-state index in [0.717, 1.165) is 5.56 Å². The van der Waals surface area contributed by atoms with Crippen molar-refractivity contribution in [2.75, 3.05) is 4.90 Å². The smallest absolute Gasteiger partial charge is 0.335 e. The standard InChI is InChI=1S/C14H10BrNO4/c15-12-4-3-10(20-12)7-16-11-5-9(14(18)19)2-1-8(11)6-13(16)17/h1-5H,6-7H2,(H,18,19). The van der Waals surface area contributed by atoms with E-state index in [1.54, 1.807) is 23.1 Å².